The Bertz CT molecular complexity index is 1060. The normalized spacial score (nSPS) is 20.2. The first-order chi connectivity index (χ1) is 13.6. The van der Waals surface area contributed by atoms with Crippen LogP contribution in [0.15, 0.2) is 59.5 Å². The molecule has 0 bridgehead atoms. The summed E-state index contributed by atoms with van der Waals surface area (Å²) in [5.74, 6) is 0.825. The number of hydrogen-bond acceptors (Lipinski definition) is 5. The molecular weight excluding hydrogens is 376 g/mol. The van der Waals surface area contributed by atoms with E-state index in [1.165, 1.54) is 0 Å². The summed E-state index contributed by atoms with van der Waals surface area (Å²) >= 11 is 0. The molecule has 0 atom stereocenters. The fourth-order valence-electron chi connectivity index (χ4n) is 4.20. The average Bonchev–Trinajstić information content (AvgIpc) is 3.34. The number of nitrogens with zero attached hydrogens (tertiary/aromatic N) is 3. The number of benzene rings is 2. The lowest BCUT2D eigenvalue weighted by Crippen LogP contribution is -2.55. The predicted octanol–water partition coefficient (Wildman–Crippen LogP) is 2.58. The van der Waals surface area contributed by atoms with Crippen molar-refractivity contribution >= 4 is 27.0 Å². The van der Waals surface area contributed by atoms with Crippen molar-refractivity contribution in [3.05, 3.63) is 54.6 Å². The van der Waals surface area contributed by atoms with Gasteiger partial charge in [0, 0.05) is 32.5 Å². The highest BCUT2D eigenvalue weighted by atomic mass is 32.2. The number of anilines is 1. The summed E-state index contributed by atoms with van der Waals surface area (Å²) in [6.07, 6.45) is 1.21. The molecule has 28 heavy (non-hydrogen) atoms. The molecule has 2 aliphatic heterocycles. The second kappa shape index (κ2) is 6.58. The summed E-state index contributed by atoms with van der Waals surface area (Å²) < 4.78 is 34.0. The van der Waals surface area contributed by atoms with Crippen molar-refractivity contribution in [1.29, 1.82) is 0 Å². The number of sulfonamides is 1. The highest BCUT2D eigenvalue weighted by Gasteiger charge is 2.50. The summed E-state index contributed by atoms with van der Waals surface area (Å²) in [5, 5.41) is 0. The fourth-order valence-corrected chi connectivity index (χ4v) is 5.95. The molecule has 2 saturated heterocycles. The number of rotatable bonds is 3. The number of piperidine rings is 1. The Morgan fingerprint density at radius 1 is 0.964 bits per heavy atom. The second-order valence-corrected chi connectivity index (χ2v) is 9.11. The van der Waals surface area contributed by atoms with E-state index in [-0.39, 0.29) is 0 Å². The molecule has 7 nitrogen and oxygen atoms in total. The van der Waals surface area contributed by atoms with Crippen LogP contribution in [0.25, 0.3) is 11.0 Å². The smallest absolute Gasteiger partial charge is 0.245 e. The van der Waals surface area contributed by atoms with Gasteiger partial charge in [-0.25, -0.2) is 13.4 Å². The van der Waals surface area contributed by atoms with E-state index in [2.05, 4.69) is 14.9 Å². The van der Waals surface area contributed by atoms with Crippen molar-refractivity contribution in [1.82, 2.24) is 14.3 Å². The molecule has 8 heteroatoms. The summed E-state index contributed by atoms with van der Waals surface area (Å²) in [4.78, 5) is 10.5. The number of aromatic amines is 1. The topological polar surface area (TPSA) is 78.5 Å². The van der Waals surface area contributed by atoms with Gasteiger partial charge in [-0.1, -0.05) is 30.3 Å². The van der Waals surface area contributed by atoms with Gasteiger partial charge in [-0.05, 0) is 24.3 Å². The van der Waals surface area contributed by atoms with Crippen LogP contribution in [0, 0.1) is 0 Å². The highest BCUT2D eigenvalue weighted by Crippen LogP contribution is 2.39. The van der Waals surface area contributed by atoms with Gasteiger partial charge in [-0.3, -0.25) is 0 Å². The van der Waals surface area contributed by atoms with Crippen LogP contribution in [0.1, 0.15) is 12.8 Å². The number of H-pyrrole nitrogens is 1. The molecule has 3 heterocycles. The van der Waals surface area contributed by atoms with Crippen LogP contribution in [0.3, 0.4) is 0 Å². The van der Waals surface area contributed by atoms with Crippen molar-refractivity contribution in [2.24, 2.45) is 0 Å². The summed E-state index contributed by atoms with van der Waals surface area (Å²) in [6.45, 7) is 2.18. The van der Waals surface area contributed by atoms with Crippen LogP contribution in [-0.2, 0) is 14.8 Å². The summed E-state index contributed by atoms with van der Waals surface area (Å²) in [5.41, 5.74) is 1.17. The number of hydrogen-bond donors (Lipinski definition) is 1. The van der Waals surface area contributed by atoms with E-state index in [0.717, 1.165) is 17.0 Å². The predicted molar refractivity (Wildman–Crippen MR) is 107 cm³/mol. The lowest BCUT2D eigenvalue weighted by molar-refractivity contribution is -0.0665. The van der Waals surface area contributed by atoms with E-state index in [4.69, 9.17) is 4.74 Å². The van der Waals surface area contributed by atoms with E-state index in [9.17, 15) is 8.42 Å². The van der Waals surface area contributed by atoms with Gasteiger partial charge in [0.1, 0.15) is 5.72 Å². The van der Waals surface area contributed by atoms with Crippen molar-refractivity contribution in [2.75, 3.05) is 31.1 Å². The first-order valence-corrected chi connectivity index (χ1v) is 10.9. The average molecular weight is 398 g/mol. The van der Waals surface area contributed by atoms with Gasteiger partial charge in [0.25, 0.3) is 0 Å². The van der Waals surface area contributed by atoms with Gasteiger partial charge in [0.05, 0.1) is 22.5 Å². The Kier molecular flexibility index (Phi) is 4.15. The molecule has 0 amide bonds. The number of aromatic nitrogens is 2. The summed E-state index contributed by atoms with van der Waals surface area (Å²) in [7, 11) is -3.58. The molecule has 0 aliphatic carbocycles. The molecule has 0 saturated carbocycles. The third kappa shape index (κ3) is 2.80. The van der Waals surface area contributed by atoms with Gasteiger partial charge in [-0.2, -0.15) is 4.31 Å². The third-order valence-electron chi connectivity index (χ3n) is 5.67. The van der Waals surface area contributed by atoms with E-state index >= 15 is 0 Å². The Hall–Kier alpha value is -2.42. The maximum Gasteiger partial charge on any atom is 0.245 e. The summed E-state index contributed by atoms with van der Waals surface area (Å²) in [6, 6.07) is 16.5. The minimum atomic E-state index is -3.58. The monoisotopic (exact) mass is 398 g/mol. The molecule has 0 unspecified atom stereocenters. The Morgan fingerprint density at radius 3 is 2.43 bits per heavy atom. The van der Waals surface area contributed by atoms with Crippen LogP contribution in [0.5, 0.6) is 0 Å². The Labute approximate surface area is 164 Å². The van der Waals surface area contributed by atoms with Gasteiger partial charge >= 0.3 is 0 Å². The maximum absolute atomic E-state index is 13.2. The van der Waals surface area contributed by atoms with Crippen molar-refractivity contribution < 1.29 is 13.2 Å². The molecule has 2 fully saturated rings. The van der Waals surface area contributed by atoms with Crippen molar-refractivity contribution in [3.8, 4) is 0 Å². The quantitative estimate of drug-likeness (QED) is 0.734. The van der Waals surface area contributed by atoms with E-state index in [0.29, 0.717) is 44.0 Å². The molecule has 1 N–H and O–H groups in total. The van der Waals surface area contributed by atoms with Crippen LogP contribution in [-0.4, -0.2) is 54.7 Å². The molecular formula is C20H22N4O3S. The molecule has 1 aromatic heterocycles. The number of fused-ring (bicyclic) bond motifs is 1. The van der Waals surface area contributed by atoms with Gasteiger partial charge < -0.3 is 14.6 Å². The van der Waals surface area contributed by atoms with Crippen LogP contribution < -0.4 is 4.90 Å². The highest BCUT2D eigenvalue weighted by molar-refractivity contribution is 7.89. The first-order valence-electron chi connectivity index (χ1n) is 9.50. The zero-order chi connectivity index (χ0) is 19.2. The number of imidazole rings is 1. The minimum Gasteiger partial charge on any atom is -0.358 e. The van der Waals surface area contributed by atoms with Gasteiger partial charge in [0.15, 0.2) is 0 Å². The maximum atomic E-state index is 13.2. The number of nitrogens with one attached hydrogen (secondary N) is 1. The second-order valence-electron chi connectivity index (χ2n) is 7.25. The minimum absolute atomic E-state index is 0.319. The molecule has 5 rings (SSSR count). The van der Waals surface area contributed by atoms with Crippen LogP contribution in [0.4, 0.5) is 5.95 Å². The van der Waals surface area contributed by atoms with Gasteiger partial charge in [0.2, 0.25) is 16.0 Å². The molecule has 146 valence electrons. The zero-order valence-corrected chi connectivity index (χ0v) is 16.2. The lowest BCUT2D eigenvalue weighted by Gasteiger charge is -2.42. The molecule has 1 spiro atoms. The lowest BCUT2D eigenvalue weighted by atomic mass is 10.0. The third-order valence-corrected chi connectivity index (χ3v) is 7.64. The zero-order valence-electron chi connectivity index (χ0n) is 15.4. The molecule has 0 radical (unpaired) electrons. The first kappa shape index (κ1) is 17.7. The van der Waals surface area contributed by atoms with E-state index < -0.39 is 15.7 Å². The van der Waals surface area contributed by atoms with Crippen molar-refractivity contribution in [3.63, 3.8) is 0 Å². The van der Waals surface area contributed by atoms with E-state index in [1.54, 1.807) is 28.6 Å². The Morgan fingerprint density at radius 2 is 1.68 bits per heavy atom. The molecule has 2 aliphatic rings. The van der Waals surface area contributed by atoms with Crippen LogP contribution in [0.2, 0.25) is 0 Å². The SMILES string of the molecule is O=S(=O)(c1ccccc1)N1CCOC12CCN(c1nc3ccccc3[nH]1)CC2. The van der Waals surface area contributed by atoms with Crippen molar-refractivity contribution in [2.45, 2.75) is 23.5 Å². The molecule has 3 aromatic rings. The fraction of sp³-hybridized carbons (Fsp3) is 0.350. The molecule has 2 aromatic carbocycles. The number of para-hydroxylation sites is 2. The standard InChI is InChI=1S/C20H22N4O3S/c25-28(26,16-6-2-1-3-7-16)24-14-15-27-20(24)10-12-23(13-11-20)19-21-17-8-4-5-9-18(17)22-19/h1-9H,10-15H2,(H,21,22). The van der Waals surface area contributed by atoms with Gasteiger partial charge in [-0.15, -0.1) is 0 Å². The number of ether oxygens (including phenoxy) is 1. The largest absolute Gasteiger partial charge is 0.358 e. The Balaban J connectivity index is 1.38. The van der Waals surface area contributed by atoms with E-state index in [1.807, 2.05) is 30.3 Å². The van der Waals surface area contributed by atoms with Crippen LogP contribution >= 0.6 is 0 Å².